The van der Waals surface area contributed by atoms with Gasteiger partial charge >= 0.3 is 5.69 Å². The summed E-state index contributed by atoms with van der Waals surface area (Å²) in [5, 5.41) is 0.509. The molecule has 1 saturated carbocycles. The van der Waals surface area contributed by atoms with E-state index in [9.17, 15) is 9.59 Å². The van der Waals surface area contributed by atoms with Gasteiger partial charge in [0.05, 0.1) is 18.0 Å². The molecular formula is C15H18N2O3. The van der Waals surface area contributed by atoms with Crippen molar-refractivity contribution in [3.63, 3.8) is 0 Å². The number of benzene rings is 1. The number of hydrogen-bond acceptors (Lipinski definition) is 3. The molecule has 0 bridgehead atoms. The molecule has 20 heavy (non-hydrogen) atoms. The molecule has 0 amide bonds. The van der Waals surface area contributed by atoms with Crippen molar-refractivity contribution in [3.05, 3.63) is 39.0 Å². The molecule has 106 valence electrons. The minimum Gasteiger partial charge on any atom is -0.495 e. The van der Waals surface area contributed by atoms with Gasteiger partial charge in [0.1, 0.15) is 5.75 Å². The van der Waals surface area contributed by atoms with Gasteiger partial charge in [-0.25, -0.2) is 4.79 Å². The highest BCUT2D eigenvalue weighted by atomic mass is 16.5. The average Bonchev–Trinajstić information content (AvgIpc) is 2.48. The number of fused-ring (bicyclic) bond motifs is 1. The fourth-order valence-corrected chi connectivity index (χ4v) is 3.07. The monoisotopic (exact) mass is 274 g/mol. The van der Waals surface area contributed by atoms with Crippen LogP contribution in [-0.2, 0) is 0 Å². The van der Waals surface area contributed by atoms with E-state index < -0.39 is 0 Å². The predicted molar refractivity (Wildman–Crippen MR) is 77.5 cm³/mol. The van der Waals surface area contributed by atoms with Crippen molar-refractivity contribution in [2.45, 2.75) is 38.1 Å². The van der Waals surface area contributed by atoms with E-state index in [1.807, 2.05) is 0 Å². The van der Waals surface area contributed by atoms with Crippen molar-refractivity contribution in [3.8, 4) is 5.75 Å². The molecular weight excluding hydrogens is 256 g/mol. The molecule has 5 heteroatoms. The molecule has 1 aliphatic carbocycles. The molecule has 0 aliphatic heterocycles. The Bertz CT molecular complexity index is 739. The first-order chi connectivity index (χ1) is 9.72. The summed E-state index contributed by atoms with van der Waals surface area (Å²) in [6.45, 7) is 0. The van der Waals surface area contributed by atoms with Crippen LogP contribution in [0.4, 0.5) is 0 Å². The van der Waals surface area contributed by atoms with E-state index in [0.717, 1.165) is 25.7 Å². The first kappa shape index (κ1) is 13.0. The third-order valence-electron chi connectivity index (χ3n) is 4.09. The van der Waals surface area contributed by atoms with Crippen molar-refractivity contribution in [2.24, 2.45) is 0 Å². The highest BCUT2D eigenvalue weighted by molar-refractivity contribution is 5.83. The highest BCUT2D eigenvalue weighted by Gasteiger charge is 2.20. The SMILES string of the molecule is COc1cccc2c(=O)n(C3CCCCC3)c(=O)[nH]c12. The van der Waals surface area contributed by atoms with Gasteiger partial charge in [0, 0.05) is 6.04 Å². The van der Waals surface area contributed by atoms with Crippen molar-refractivity contribution in [1.82, 2.24) is 9.55 Å². The lowest BCUT2D eigenvalue weighted by Gasteiger charge is -2.23. The highest BCUT2D eigenvalue weighted by Crippen LogP contribution is 2.26. The Kier molecular flexibility index (Phi) is 3.34. The molecule has 0 spiro atoms. The number of nitrogens with one attached hydrogen (secondary N) is 1. The third-order valence-corrected chi connectivity index (χ3v) is 4.09. The molecule has 0 unspecified atom stereocenters. The lowest BCUT2D eigenvalue weighted by molar-refractivity contribution is 0.337. The largest absolute Gasteiger partial charge is 0.495 e. The number of aromatic nitrogens is 2. The van der Waals surface area contributed by atoms with Crippen LogP contribution in [0.1, 0.15) is 38.1 Å². The van der Waals surface area contributed by atoms with Crippen LogP contribution in [0.5, 0.6) is 5.75 Å². The zero-order valence-electron chi connectivity index (χ0n) is 11.5. The Morgan fingerprint density at radius 2 is 1.95 bits per heavy atom. The molecule has 3 rings (SSSR count). The van der Waals surface area contributed by atoms with Gasteiger partial charge in [-0.2, -0.15) is 0 Å². The van der Waals surface area contributed by atoms with Crippen molar-refractivity contribution < 1.29 is 4.74 Å². The fraction of sp³-hybridized carbons (Fsp3) is 0.467. The quantitative estimate of drug-likeness (QED) is 0.913. The van der Waals surface area contributed by atoms with Gasteiger partial charge in [0.2, 0.25) is 0 Å². The van der Waals surface area contributed by atoms with Gasteiger partial charge in [-0.3, -0.25) is 9.36 Å². The maximum atomic E-state index is 12.6. The van der Waals surface area contributed by atoms with E-state index in [0.29, 0.717) is 16.7 Å². The maximum absolute atomic E-state index is 12.6. The number of methoxy groups -OCH3 is 1. The van der Waals surface area contributed by atoms with Crippen LogP contribution < -0.4 is 16.0 Å². The van der Waals surface area contributed by atoms with Crippen LogP contribution in [0.25, 0.3) is 10.9 Å². The molecule has 1 N–H and O–H groups in total. The summed E-state index contributed by atoms with van der Waals surface area (Å²) < 4.78 is 6.59. The summed E-state index contributed by atoms with van der Waals surface area (Å²) >= 11 is 0. The number of rotatable bonds is 2. The van der Waals surface area contributed by atoms with Gasteiger partial charge < -0.3 is 9.72 Å². The van der Waals surface area contributed by atoms with Crippen molar-refractivity contribution in [2.75, 3.05) is 7.11 Å². The van der Waals surface area contributed by atoms with Crippen LogP contribution in [0, 0.1) is 0 Å². The molecule has 1 fully saturated rings. The summed E-state index contributed by atoms with van der Waals surface area (Å²) in [6.07, 6.45) is 5.14. The second-order valence-corrected chi connectivity index (χ2v) is 5.28. The molecule has 1 aromatic carbocycles. The number of aromatic amines is 1. The molecule has 0 atom stereocenters. The van der Waals surface area contributed by atoms with E-state index in [4.69, 9.17) is 4.74 Å². The molecule has 1 aliphatic rings. The van der Waals surface area contributed by atoms with Crippen LogP contribution in [0.15, 0.2) is 27.8 Å². The number of ether oxygens (including phenoxy) is 1. The summed E-state index contributed by atoms with van der Waals surface area (Å²) in [6, 6.07) is 5.26. The van der Waals surface area contributed by atoms with Gasteiger partial charge in [0.25, 0.3) is 5.56 Å². The van der Waals surface area contributed by atoms with Gasteiger partial charge in [-0.15, -0.1) is 0 Å². The van der Waals surface area contributed by atoms with Gasteiger partial charge in [-0.05, 0) is 25.0 Å². The summed E-state index contributed by atoms with van der Waals surface area (Å²) in [5.41, 5.74) is -0.0643. The van der Waals surface area contributed by atoms with E-state index in [-0.39, 0.29) is 17.3 Å². The second kappa shape index (κ2) is 5.15. The first-order valence-corrected chi connectivity index (χ1v) is 7.04. The Morgan fingerprint density at radius 3 is 2.65 bits per heavy atom. The normalized spacial score (nSPS) is 16.4. The third kappa shape index (κ3) is 2.03. The lowest BCUT2D eigenvalue weighted by Crippen LogP contribution is -2.38. The average molecular weight is 274 g/mol. The summed E-state index contributed by atoms with van der Waals surface area (Å²) in [7, 11) is 1.53. The maximum Gasteiger partial charge on any atom is 0.329 e. The van der Waals surface area contributed by atoms with Crippen molar-refractivity contribution in [1.29, 1.82) is 0 Å². The molecule has 5 nitrogen and oxygen atoms in total. The molecule has 1 aromatic heterocycles. The number of nitrogens with zero attached hydrogens (tertiary/aromatic N) is 1. The Hall–Kier alpha value is -2.04. The van der Waals surface area contributed by atoms with Crippen LogP contribution in [0.3, 0.4) is 0 Å². The minimum atomic E-state index is -0.334. The molecule has 0 radical (unpaired) electrons. The Labute approximate surface area is 116 Å². The van der Waals surface area contributed by atoms with E-state index in [2.05, 4.69) is 4.98 Å². The lowest BCUT2D eigenvalue weighted by atomic mass is 9.95. The minimum absolute atomic E-state index is 0.0237. The molecule has 2 aromatic rings. The smallest absolute Gasteiger partial charge is 0.329 e. The number of H-pyrrole nitrogens is 1. The summed E-state index contributed by atoms with van der Waals surface area (Å²) in [5.74, 6) is 0.521. The summed E-state index contributed by atoms with van der Waals surface area (Å²) in [4.78, 5) is 27.7. The first-order valence-electron chi connectivity index (χ1n) is 7.04. The molecule has 0 saturated heterocycles. The van der Waals surface area contributed by atoms with E-state index >= 15 is 0 Å². The second-order valence-electron chi connectivity index (χ2n) is 5.28. The Balaban J connectivity index is 2.24. The standard InChI is InChI=1S/C15H18N2O3/c1-20-12-9-5-8-11-13(12)16-15(19)17(14(11)18)10-6-3-2-4-7-10/h5,8-10H,2-4,6-7H2,1H3,(H,16,19). The zero-order chi connectivity index (χ0) is 14.1. The van der Waals surface area contributed by atoms with Gasteiger partial charge in [0.15, 0.2) is 0 Å². The Morgan fingerprint density at radius 1 is 1.20 bits per heavy atom. The predicted octanol–water partition coefficient (Wildman–Crippen LogP) is 2.20. The van der Waals surface area contributed by atoms with Crippen LogP contribution in [0.2, 0.25) is 0 Å². The van der Waals surface area contributed by atoms with Crippen LogP contribution in [-0.4, -0.2) is 16.7 Å². The fourth-order valence-electron chi connectivity index (χ4n) is 3.07. The number of para-hydroxylation sites is 1. The number of hydrogen-bond donors (Lipinski definition) is 1. The topological polar surface area (TPSA) is 64.1 Å². The van der Waals surface area contributed by atoms with E-state index in [1.165, 1.54) is 18.1 Å². The zero-order valence-corrected chi connectivity index (χ0v) is 11.5. The van der Waals surface area contributed by atoms with Crippen LogP contribution >= 0.6 is 0 Å². The van der Waals surface area contributed by atoms with E-state index in [1.54, 1.807) is 18.2 Å². The van der Waals surface area contributed by atoms with Crippen molar-refractivity contribution >= 4 is 10.9 Å². The van der Waals surface area contributed by atoms with Gasteiger partial charge in [-0.1, -0.05) is 25.3 Å². The molecule has 1 heterocycles.